The summed E-state index contributed by atoms with van der Waals surface area (Å²) in [6, 6.07) is 0. The number of hydrogen-bond acceptors (Lipinski definition) is 0. The molecule has 0 unspecified atom stereocenters. The Balaban J connectivity index is 3.17. The molecule has 0 N–H and O–H groups in total. The zero-order chi connectivity index (χ0) is 21.6. The fourth-order valence-corrected chi connectivity index (χ4v) is 4.34. The molecule has 1 heteroatoms. The van der Waals surface area contributed by atoms with Gasteiger partial charge in [0, 0.05) is 0 Å². The number of hydrogen-bond donors (Lipinski definition) is 0. The molecule has 0 rings (SSSR count). The summed E-state index contributed by atoms with van der Waals surface area (Å²) in [7, 11) is 4.83. The summed E-state index contributed by atoms with van der Waals surface area (Å²) in [4.78, 5) is 0. The molecule has 0 aromatic rings. The third-order valence-corrected chi connectivity index (χ3v) is 6.68. The van der Waals surface area contributed by atoms with Crippen LogP contribution in [-0.4, -0.2) is 31.7 Å². The van der Waals surface area contributed by atoms with Gasteiger partial charge in [0.05, 0.1) is 27.2 Å². The van der Waals surface area contributed by atoms with E-state index in [1.54, 1.807) is 0 Å². The van der Waals surface area contributed by atoms with Crippen molar-refractivity contribution < 1.29 is 4.48 Å². The molecule has 29 heavy (non-hydrogen) atoms. The quantitative estimate of drug-likeness (QED) is 0.116. The van der Waals surface area contributed by atoms with Gasteiger partial charge in [0.1, 0.15) is 0 Å². The first-order valence-electron chi connectivity index (χ1n) is 13.8. The van der Waals surface area contributed by atoms with E-state index < -0.39 is 0 Å². The van der Waals surface area contributed by atoms with Crippen molar-refractivity contribution in [2.24, 2.45) is 5.92 Å². The summed E-state index contributed by atoms with van der Waals surface area (Å²) >= 11 is 0. The summed E-state index contributed by atoms with van der Waals surface area (Å²) in [6.45, 7) is 9.70. The van der Waals surface area contributed by atoms with Gasteiger partial charge in [-0.2, -0.15) is 0 Å². The van der Waals surface area contributed by atoms with E-state index in [-0.39, 0.29) is 0 Å². The molecule has 0 amide bonds. The van der Waals surface area contributed by atoms with Crippen LogP contribution in [0.15, 0.2) is 0 Å². The van der Waals surface area contributed by atoms with Gasteiger partial charge in [0.2, 0.25) is 0 Å². The highest BCUT2D eigenvalue weighted by atomic mass is 15.3. The molecule has 0 aromatic heterocycles. The van der Waals surface area contributed by atoms with Crippen LogP contribution in [0.25, 0.3) is 0 Å². The summed E-state index contributed by atoms with van der Waals surface area (Å²) < 4.78 is 1.22. The molecule has 0 aromatic carbocycles. The minimum absolute atomic E-state index is 0.845. The Hall–Kier alpha value is -0.0400. The maximum atomic E-state index is 2.41. The van der Waals surface area contributed by atoms with E-state index in [1.165, 1.54) is 146 Å². The van der Waals surface area contributed by atoms with Gasteiger partial charge in [0.15, 0.2) is 0 Å². The van der Waals surface area contributed by atoms with Crippen LogP contribution in [0.2, 0.25) is 0 Å². The molecule has 0 radical (unpaired) electrons. The number of unbranched alkanes of at least 4 members (excludes halogenated alkanes) is 18. The zero-order valence-corrected chi connectivity index (χ0v) is 21.6. The van der Waals surface area contributed by atoms with Crippen molar-refractivity contribution in [2.45, 2.75) is 149 Å². The molecule has 0 heterocycles. The Morgan fingerprint density at radius 2 is 0.759 bits per heavy atom. The monoisotopic (exact) mass is 410 g/mol. The van der Waals surface area contributed by atoms with Gasteiger partial charge in [-0.25, -0.2) is 0 Å². The van der Waals surface area contributed by atoms with E-state index in [4.69, 9.17) is 0 Å². The van der Waals surface area contributed by atoms with Crippen molar-refractivity contribution in [1.29, 1.82) is 0 Å². The van der Waals surface area contributed by atoms with Crippen molar-refractivity contribution in [3.63, 3.8) is 0 Å². The van der Waals surface area contributed by atoms with Gasteiger partial charge < -0.3 is 4.48 Å². The number of quaternary nitrogens is 1. The first kappa shape index (κ1) is 29.0. The normalized spacial score (nSPS) is 12.2. The van der Waals surface area contributed by atoms with Crippen LogP contribution in [0.1, 0.15) is 149 Å². The molecular formula is C28H60N+. The Kier molecular flexibility index (Phi) is 21.2. The number of nitrogens with zero attached hydrogens (tertiary/aromatic N) is 1. The molecule has 176 valence electrons. The Morgan fingerprint density at radius 3 is 1.07 bits per heavy atom. The van der Waals surface area contributed by atoms with Gasteiger partial charge >= 0.3 is 0 Å². The topological polar surface area (TPSA) is 0 Å². The lowest BCUT2D eigenvalue weighted by molar-refractivity contribution is -0.891. The maximum Gasteiger partial charge on any atom is 0.0784 e. The average molecular weight is 411 g/mol. The lowest BCUT2D eigenvalue weighted by Crippen LogP contribution is -2.41. The van der Waals surface area contributed by atoms with Gasteiger partial charge in [-0.05, 0) is 25.2 Å². The summed E-state index contributed by atoms with van der Waals surface area (Å²) in [5.74, 6) is 0.845. The highest BCUT2D eigenvalue weighted by Crippen LogP contribution is 2.15. The molecule has 0 bridgehead atoms. The minimum atomic E-state index is 0.845. The highest BCUT2D eigenvalue weighted by Gasteiger charge is 2.14. The van der Waals surface area contributed by atoms with Crippen molar-refractivity contribution in [2.75, 3.05) is 27.2 Å². The van der Waals surface area contributed by atoms with Crippen LogP contribution in [-0.2, 0) is 0 Å². The fourth-order valence-electron chi connectivity index (χ4n) is 4.34. The predicted molar refractivity (Wildman–Crippen MR) is 135 cm³/mol. The summed E-state index contributed by atoms with van der Waals surface area (Å²) in [5, 5.41) is 0. The molecule has 0 atom stereocenters. The lowest BCUT2D eigenvalue weighted by Gasteiger charge is -2.30. The maximum absolute atomic E-state index is 2.41. The van der Waals surface area contributed by atoms with Crippen LogP contribution in [0.3, 0.4) is 0 Å². The van der Waals surface area contributed by atoms with Gasteiger partial charge in [-0.15, -0.1) is 0 Å². The van der Waals surface area contributed by atoms with E-state index in [9.17, 15) is 0 Å². The van der Waals surface area contributed by atoms with E-state index in [0.717, 1.165) is 5.92 Å². The van der Waals surface area contributed by atoms with Gasteiger partial charge in [-0.3, -0.25) is 0 Å². The third-order valence-electron chi connectivity index (χ3n) is 6.68. The van der Waals surface area contributed by atoms with Crippen molar-refractivity contribution in [3.8, 4) is 0 Å². The Labute approximate surface area is 187 Å². The zero-order valence-electron chi connectivity index (χ0n) is 21.6. The second-order valence-electron chi connectivity index (χ2n) is 10.9. The first-order valence-corrected chi connectivity index (χ1v) is 13.8. The lowest BCUT2D eigenvalue weighted by atomic mass is 10.0. The molecule has 0 fully saturated rings. The SMILES string of the molecule is CCCCCCCCCCCCCCCCCCCCC[N+](C)(C)CCC(C)C. The summed E-state index contributed by atoms with van der Waals surface area (Å²) in [5.41, 5.74) is 0. The molecule has 1 nitrogen and oxygen atoms in total. The largest absolute Gasteiger partial charge is 0.328 e. The highest BCUT2D eigenvalue weighted by molar-refractivity contribution is 4.51. The predicted octanol–water partition coefficient (Wildman–Crippen LogP) is 9.54. The fraction of sp³-hybridized carbons (Fsp3) is 1.00. The number of rotatable bonds is 23. The molecular weight excluding hydrogens is 350 g/mol. The molecule has 0 aliphatic rings. The second kappa shape index (κ2) is 21.2. The standard InChI is InChI=1S/C28H60N/c1-6-7-8-9-10-11-12-13-14-15-16-17-18-19-20-21-22-23-24-26-29(4,5)27-25-28(2)3/h28H,6-27H2,1-5H3/q+1. The van der Waals surface area contributed by atoms with Gasteiger partial charge in [-0.1, -0.05) is 130 Å². The molecule has 0 aliphatic carbocycles. The average Bonchev–Trinajstić information content (AvgIpc) is 2.68. The molecule has 0 aliphatic heterocycles. The van der Waals surface area contributed by atoms with Crippen LogP contribution in [0.5, 0.6) is 0 Å². The van der Waals surface area contributed by atoms with E-state index in [0.29, 0.717) is 0 Å². The minimum Gasteiger partial charge on any atom is -0.328 e. The van der Waals surface area contributed by atoms with Crippen molar-refractivity contribution in [1.82, 2.24) is 0 Å². The Morgan fingerprint density at radius 1 is 0.448 bits per heavy atom. The third kappa shape index (κ3) is 24.1. The molecule has 0 saturated heterocycles. The van der Waals surface area contributed by atoms with Crippen molar-refractivity contribution >= 4 is 0 Å². The smallest absolute Gasteiger partial charge is 0.0784 e. The van der Waals surface area contributed by atoms with Crippen LogP contribution in [0, 0.1) is 5.92 Å². The van der Waals surface area contributed by atoms with E-state index >= 15 is 0 Å². The molecule has 0 spiro atoms. The first-order chi connectivity index (χ1) is 14.0. The van der Waals surface area contributed by atoms with E-state index in [1.807, 2.05) is 0 Å². The van der Waals surface area contributed by atoms with Crippen LogP contribution < -0.4 is 0 Å². The summed E-state index contributed by atoms with van der Waals surface area (Å²) in [6.07, 6.45) is 29.2. The van der Waals surface area contributed by atoms with Crippen molar-refractivity contribution in [3.05, 3.63) is 0 Å². The second-order valence-corrected chi connectivity index (χ2v) is 10.9. The van der Waals surface area contributed by atoms with E-state index in [2.05, 4.69) is 34.9 Å². The van der Waals surface area contributed by atoms with Crippen LogP contribution >= 0.6 is 0 Å². The Bertz CT molecular complexity index is 307. The molecule has 0 saturated carbocycles. The van der Waals surface area contributed by atoms with Crippen LogP contribution in [0.4, 0.5) is 0 Å². The van der Waals surface area contributed by atoms with Gasteiger partial charge in [0.25, 0.3) is 0 Å².